The van der Waals surface area contributed by atoms with Crippen molar-refractivity contribution in [2.45, 2.75) is 52.1 Å². The molecule has 0 saturated heterocycles. The van der Waals surface area contributed by atoms with Crippen molar-refractivity contribution in [1.82, 2.24) is 10.2 Å². The molecule has 4 nitrogen and oxygen atoms in total. The summed E-state index contributed by atoms with van der Waals surface area (Å²) >= 11 is 12.5. The minimum atomic E-state index is -0.619. The van der Waals surface area contributed by atoms with Gasteiger partial charge in [0.2, 0.25) is 11.8 Å². The molecule has 1 N–H and O–H groups in total. The summed E-state index contributed by atoms with van der Waals surface area (Å²) in [6.45, 7) is 7.91. The van der Waals surface area contributed by atoms with Crippen LogP contribution in [0.25, 0.3) is 0 Å². The first kappa shape index (κ1) is 23.2. The zero-order valence-corrected chi connectivity index (χ0v) is 18.8. The second kappa shape index (κ2) is 10.1. The predicted octanol–water partition coefficient (Wildman–Crippen LogP) is 4.91. The Morgan fingerprint density at radius 1 is 1.00 bits per heavy atom. The lowest BCUT2D eigenvalue weighted by Crippen LogP contribution is -2.53. The predicted molar refractivity (Wildman–Crippen MR) is 119 cm³/mol. The Bertz CT molecular complexity index is 827. The van der Waals surface area contributed by atoms with Crippen molar-refractivity contribution in [2.75, 3.05) is 6.54 Å². The molecule has 2 aromatic rings. The van der Waals surface area contributed by atoms with Crippen LogP contribution in [-0.4, -0.2) is 34.8 Å². The molecule has 2 amide bonds. The normalized spacial score (nSPS) is 12.3. The summed E-state index contributed by atoms with van der Waals surface area (Å²) in [6.07, 6.45) is 0.691. The van der Waals surface area contributed by atoms with E-state index in [1.807, 2.05) is 51.1 Å². The molecule has 0 aliphatic carbocycles. The SMILES string of the molecule is C[C@H](C(=O)NC(C)(C)C)N(CCc1ccccc1)C(=O)Cc1c(Cl)cccc1Cl. The van der Waals surface area contributed by atoms with E-state index in [0.29, 0.717) is 28.6 Å². The highest BCUT2D eigenvalue weighted by atomic mass is 35.5. The van der Waals surface area contributed by atoms with Crippen LogP contribution >= 0.6 is 23.2 Å². The lowest BCUT2D eigenvalue weighted by atomic mass is 10.1. The van der Waals surface area contributed by atoms with Gasteiger partial charge in [0.25, 0.3) is 0 Å². The largest absolute Gasteiger partial charge is 0.350 e. The highest BCUT2D eigenvalue weighted by molar-refractivity contribution is 6.36. The van der Waals surface area contributed by atoms with Crippen LogP contribution in [0, 0.1) is 0 Å². The highest BCUT2D eigenvalue weighted by Crippen LogP contribution is 2.25. The van der Waals surface area contributed by atoms with Gasteiger partial charge in [0, 0.05) is 22.1 Å². The zero-order valence-electron chi connectivity index (χ0n) is 17.3. The van der Waals surface area contributed by atoms with Gasteiger partial charge in [0.15, 0.2) is 0 Å². The number of carbonyl (C=O) groups excluding carboxylic acids is 2. The summed E-state index contributed by atoms with van der Waals surface area (Å²) in [7, 11) is 0. The molecule has 0 heterocycles. The molecule has 2 aromatic carbocycles. The number of hydrogen-bond donors (Lipinski definition) is 1. The Kier molecular flexibility index (Phi) is 8.12. The number of nitrogens with zero attached hydrogens (tertiary/aromatic N) is 1. The first-order valence-corrected chi connectivity index (χ1v) is 10.4. The Labute approximate surface area is 183 Å². The van der Waals surface area contributed by atoms with Crippen LogP contribution in [0.3, 0.4) is 0 Å². The van der Waals surface area contributed by atoms with E-state index in [9.17, 15) is 9.59 Å². The quantitative estimate of drug-likeness (QED) is 0.672. The first-order valence-electron chi connectivity index (χ1n) is 9.67. The van der Waals surface area contributed by atoms with Crippen LogP contribution in [0.5, 0.6) is 0 Å². The van der Waals surface area contributed by atoms with E-state index in [1.54, 1.807) is 30.0 Å². The van der Waals surface area contributed by atoms with Crippen LogP contribution in [-0.2, 0) is 22.4 Å². The Morgan fingerprint density at radius 3 is 2.14 bits per heavy atom. The Balaban J connectivity index is 2.22. The number of rotatable bonds is 7. The van der Waals surface area contributed by atoms with E-state index in [2.05, 4.69) is 5.32 Å². The molecule has 0 spiro atoms. The van der Waals surface area contributed by atoms with Gasteiger partial charge in [-0.15, -0.1) is 0 Å². The summed E-state index contributed by atoms with van der Waals surface area (Å²) in [5, 5.41) is 3.84. The van der Waals surface area contributed by atoms with Gasteiger partial charge in [-0.25, -0.2) is 0 Å². The van der Waals surface area contributed by atoms with Crippen molar-refractivity contribution >= 4 is 35.0 Å². The smallest absolute Gasteiger partial charge is 0.242 e. The number of nitrogens with one attached hydrogen (secondary N) is 1. The van der Waals surface area contributed by atoms with Gasteiger partial charge in [-0.2, -0.15) is 0 Å². The van der Waals surface area contributed by atoms with Crippen molar-refractivity contribution in [3.8, 4) is 0 Å². The second-order valence-corrected chi connectivity index (χ2v) is 8.93. The summed E-state index contributed by atoms with van der Waals surface area (Å²) < 4.78 is 0. The monoisotopic (exact) mass is 434 g/mol. The summed E-state index contributed by atoms with van der Waals surface area (Å²) in [5.41, 5.74) is 1.30. The Hall–Kier alpha value is -2.04. The number of carbonyl (C=O) groups is 2. The minimum Gasteiger partial charge on any atom is -0.350 e. The maximum atomic E-state index is 13.2. The van der Waals surface area contributed by atoms with Gasteiger partial charge in [-0.3, -0.25) is 9.59 Å². The van der Waals surface area contributed by atoms with Crippen LogP contribution in [0.4, 0.5) is 0 Å². The average molecular weight is 435 g/mol. The van der Waals surface area contributed by atoms with Crippen molar-refractivity contribution in [3.05, 3.63) is 69.7 Å². The molecule has 0 aliphatic rings. The molecule has 0 saturated carbocycles. The second-order valence-electron chi connectivity index (χ2n) is 8.11. The maximum Gasteiger partial charge on any atom is 0.242 e. The fourth-order valence-electron chi connectivity index (χ4n) is 3.00. The standard InChI is InChI=1S/C23H28Cl2N2O2/c1-16(22(29)26-23(2,3)4)27(14-13-17-9-6-5-7-10-17)21(28)15-18-19(24)11-8-12-20(18)25/h5-12,16H,13-15H2,1-4H3,(H,26,29)/t16-/m1/s1. The van der Waals surface area contributed by atoms with E-state index in [1.165, 1.54) is 0 Å². The zero-order chi connectivity index (χ0) is 21.6. The van der Waals surface area contributed by atoms with E-state index in [4.69, 9.17) is 23.2 Å². The first-order chi connectivity index (χ1) is 13.6. The molecule has 0 bridgehead atoms. The average Bonchev–Trinajstić information content (AvgIpc) is 2.64. The van der Waals surface area contributed by atoms with Gasteiger partial charge in [-0.1, -0.05) is 59.6 Å². The van der Waals surface area contributed by atoms with Crippen molar-refractivity contribution in [2.24, 2.45) is 0 Å². The molecule has 1 atom stereocenters. The molecule has 156 valence electrons. The fourth-order valence-corrected chi connectivity index (χ4v) is 3.53. The number of halogens is 2. The van der Waals surface area contributed by atoms with E-state index < -0.39 is 6.04 Å². The van der Waals surface area contributed by atoms with E-state index >= 15 is 0 Å². The topological polar surface area (TPSA) is 49.4 Å². The van der Waals surface area contributed by atoms with Crippen molar-refractivity contribution in [3.63, 3.8) is 0 Å². The third kappa shape index (κ3) is 7.06. The Morgan fingerprint density at radius 2 is 1.59 bits per heavy atom. The summed E-state index contributed by atoms with van der Waals surface area (Å²) in [5.74, 6) is -0.378. The highest BCUT2D eigenvalue weighted by Gasteiger charge is 2.28. The molecule has 0 fully saturated rings. The molecule has 2 rings (SSSR count). The third-order valence-corrected chi connectivity index (χ3v) is 5.25. The van der Waals surface area contributed by atoms with E-state index in [0.717, 1.165) is 5.56 Å². The maximum absolute atomic E-state index is 13.2. The molecule has 6 heteroatoms. The number of benzene rings is 2. The van der Waals surface area contributed by atoms with Crippen LogP contribution < -0.4 is 5.32 Å². The van der Waals surface area contributed by atoms with Gasteiger partial charge >= 0.3 is 0 Å². The molecule has 29 heavy (non-hydrogen) atoms. The van der Waals surface area contributed by atoms with Crippen molar-refractivity contribution in [1.29, 1.82) is 0 Å². The van der Waals surface area contributed by atoms with E-state index in [-0.39, 0.29) is 23.8 Å². The van der Waals surface area contributed by atoms with Gasteiger partial charge in [0.1, 0.15) is 6.04 Å². The lowest BCUT2D eigenvalue weighted by molar-refractivity contribution is -0.140. The molecular weight excluding hydrogens is 407 g/mol. The summed E-state index contributed by atoms with van der Waals surface area (Å²) in [4.78, 5) is 27.5. The van der Waals surface area contributed by atoms with Crippen molar-refractivity contribution < 1.29 is 9.59 Å². The summed E-state index contributed by atoms with van der Waals surface area (Å²) in [6, 6.07) is 14.4. The van der Waals surface area contributed by atoms with Gasteiger partial charge in [0.05, 0.1) is 6.42 Å². The van der Waals surface area contributed by atoms with Gasteiger partial charge < -0.3 is 10.2 Å². The molecular formula is C23H28Cl2N2O2. The third-order valence-electron chi connectivity index (χ3n) is 4.54. The molecule has 0 unspecified atom stereocenters. The van der Waals surface area contributed by atoms with Gasteiger partial charge in [-0.05, 0) is 57.4 Å². The van der Waals surface area contributed by atoms with Crippen LogP contribution in [0.2, 0.25) is 10.0 Å². The number of hydrogen-bond acceptors (Lipinski definition) is 2. The number of amides is 2. The van der Waals surface area contributed by atoms with Crippen LogP contribution in [0.15, 0.2) is 48.5 Å². The molecule has 0 aromatic heterocycles. The van der Waals surface area contributed by atoms with Crippen LogP contribution in [0.1, 0.15) is 38.8 Å². The molecule has 0 aliphatic heterocycles. The lowest BCUT2D eigenvalue weighted by Gasteiger charge is -2.31. The fraction of sp³-hybridized carbons (Fsp3) is 0.391. The minimum absolute atomic E-state index is 0.0421. The molecule has 0 radical (unpaired) electrons.